The number of aromatic nitrogens is 4. The zero-order valence-corrected chi connectivity index (χ0v) is 14.8. The van der Waals surface area contributed by atoms with Crippen molar-refractivity contribution in [1.82, 2.24) is 20.6 Å². The van der Waals surface area contributed by atoms with E-state index in [9.17, 15) is 4.79 Å². The number of methoxy groups -OCH3 is 1. The third-order valence-corrected chi connectivity index (χ3v) is 4.22. The second-order valence-electron chi connectivity index (χ2n) is 5.91. The molecule has 0 saturated heterocycles. The van der Waals surface area contributed by atoms with Crippen LogP contribution in [0.15, 0.2) is 48.5 Å². The summed E-state index contributed by atoms with van der Waals surface area (Å²) >= 11 is 0. The van der Waals surface area contributed by atoms with Crippen molar-refractivity contribution in [2.24, 2.45) is 0 Å². The van der Waals surface area contributed by atoms with Gasteiger partial charge in [-0.1, -0.05) is 36.4 Å². The number of hydrogen-bond acceptors (Lipinski definition) is 5. The van der Waals surface area contributed by atoms with Crippen molar-refractivity contribution in [2.75, 3.05) is 12.4 Å². The molecule has 2 aromatic carbocycles. The molecule has 3 rings (SSSR count). The van der Waals surface area contributed by atoms with E-state index in [1.165, 1.54) is 5.56 Å². The summed E-state index contributed by atoms with van der Waals surface area (Å²) in [6.07, 6.45) is 1.42. The largest absolute Gasteiger partial charge is 0.497 e. The Balaban J connectivity index is 1.77. The molecule has 0 aliphatic rings. The molecule has 0 bridgehead atoms. The van der Waals surface area contributed by atoms with E-state index in [4.69, 9.17) is 4.74 Å². The summed E-state index contributed by atoms with van der Waals surface area (Å²) in [6, 6.07) is 15.4. The van der Waals surface area contributed by atoms with Crippen molar-refractivity contribution in [2.45, 2.75) is 25.7 Å². The average Bonchev–Trinajstić information content (AvgIpc) is 3.21. The number of tetrazole rings is 1. The molecular weight excluding hydrogens is 330 g/mol. The van der Waals surface area contributed by atoms with Gasteiger partial charge in [0.2, 0.25) is 5.91 Å². The molecule has 134 valence electrons. The van der Waals surface area contributed by atoms with Gasteiger partial charge in [-0.25, -0.2) is 0 Å². The number of aromatic amines is 1. The highest BCUT2D eigenvalue weighted by molar-refractivity contribution is 5.95. The molecule has 0 saturated carbocycles. The number of anilines is 1. The molecule has 1 aromatic heterocycles. The zero-order chi connectivity index (χ0) is 18.4. The van der Waals surface area contributed by atoms with Crippen molar-refractivity contribution in [3.63, 3.8) is 0 Å². The number of benzene rings is 2. The molecule has 1 heterocycles. The highest BCUT2D eigenvalue weighted by Crippen LogP contribution is 2.22. The minimum Gasteiger partial charge on any atom is -0.497 e. The number of carbonyl (C=O) groups is 1. The van der Waals surface area contributed by atoms with Gasteiger partial charge < -0.3 is 10.1 Å². The predicted molar refractivity (Wildman–Crippen MR) is 98.1 cm³/mol. The molecule has 0 aliphatic carbocycles. The molecule has 2 N–H and O–H groups in total. The van der Waals surface area contributed by atoms with Crippen LogP contribution < -0.4 is 10.1 Å². The van der Waals surface area contributed by atoms with Gasteiger partial charge >= 0.3 is 0 Å². The first-order valence-corrected chi connectivity index (χ1v) is 8.45. The highest BCUT2D eigenvalue weighted by atomic mass is 16.5. The van der Waals surface area contributed by atoms with E-state index in [0.29, 0.717) is 12.2 Å². The van der Waals surface area contributed by atoms with Crippen molar-refractivity contribution in [1.29, 1.82) is 0 Å². The lowest BCUT2D eigenvalue weighted by Gasteiger charge is -2.14. The minimum absolute atomic E-state index is 0.175. The van der Waals surface area contributed by atoms with E-state index in [1.807, 2.05) is 48.5 Å². The summed E-state index contributed by atoms with van der Waals surface area (Å²) in [5.41, 5.74) is 2.95. The number of hydrogen-bond donors (Lipinski definition) is 2. The van der Waals surface area contributed by atoms with Gasteiger partial charge in [0.1, 0.15) is 11.7 Å². The second kappa shape index (κ2) is 8.24. The fourth-order valence-corrected chi connectivity index (χ4v) is 2.67. The standard InChI is InChI=1S/C19H21N5O2/c1-3-13-4-8-15(9-5-13)20-19(25)17(18-21-23-24-22-18)12-14-6-10-16(26-2)11-7-14/h4-11,17H,3,12H2,1-2H3,(H,20,25)(H,21,22,23,24). The van der Waals surface area contributed by atoms with Crippen molar-refractivity contribution < 1.29 is 9.53 Å². The Bertz CT molecular complexity index is 829. The normalized spacial score (nSPS) is 11.8. The Labute approximate surface area is 151 Å². The van der Waals surface area contributed by atoms with Crippen LogP contribution >= 0.6 is 0 Å². The second-order valence-corrected chi connectivity index (χ2v) is 5.91. The molecule has 1 amide bonds. The monoisotopic (exact) mass is 351 g/mol. The van der Waals surface area contributed by atoms with Crippen LogP contribution in [0.3, 0.4) is 0 Å². The van der Waals surface area contributed by atoms with Gasteiger partial charge in [-0.15, -0.1) is 10.2 Å². The van der Waals surface area contributed by atoms with Crippen LogP contribution in [0.5, 0.6) is 5.75 Å². The molecule has 26 heavy (non-hydrogen) atoms. The van der Waals surface area contributed by atoms with E-state index in [-0.39, 0.29) is 5.91 Å². The molecule has 1 unspecified atom stereocenters. The average molecular weight is 351 g/mol. The Morgan fingerprint density at radius 2 is 1.81 bits per heavy atom. The Morgan fingerprint density at radius 3 is 2.38 bits per heavy atom. The Kier molecular flexibility index (Phi) is 5.58. The summed E-state index contributed by atoms with van der Waals surface area (Å²) in [4.78, 5) is 12.8. The number of ether oxygens (including phenoxy) is 1. The number of carbonyl (C=O) groups excluding carboxylic acids is 1. The number of nitrogens with zero attached hydrogens (tertiary/aromatic N) is 3. The van der Waals surface area contributed by atoms with E-state index in [1.54, 1.807) is 7.11 Å². The van der Waals surface area contributed by atoms with E-state index >= 15 is 0 Å². The van der Waals surface area contributed by atoms with Crippen molar-refractivity contribution in [3.05, 3.63) is 65.5 Å². The van der Waals surface area contributed by atoms with E-state index in [0.717, 1.165) is 23.4 Å². The summed E-state index contributed by atoms with van der Waals surface area (Å²) in [5, 5.41) is 17.0. The number of aryl methyl sites for hydroxylation is 1. The molecule has 1 atom stereocenters. The van der Waals surface area contributed by atoms with Crippen LogP contribution in [0, 0.1) is 0 Å². The lowest BCUT2D eigenvalue weighted by atomic mass is 9.97. The zero-order valence-electron chi connectivity index (χ0n) is 14.8. The lowest BCUT2D eigenvalue weighted by Crippen LogP contribution is -2.24. The van der Waals surface area contributed by atoms with Gasteiger partial charge in [-0.05, 0) is 48.2 Å². The van der Waals surface area contributed by atoms with Gasteiger partial charge in [0, 0.05) is 5.69 Å². The molecule has 7 nitrogen and oxygen atoms in total. The number of nitrogens with one attached hydrogen (secondary N) is 2. The van der Waals surface area contributed by atoms with Gasteiger partial charge in [-0.2, -0.15) is 5.21 Å². The third-order valence-electron chi connectivity index (χ3n) is 4.22. The van der Waals surface area contributed by atoms with Crippen LogP contribution in [0.25, 0.3) is 0 Å². The maximum Gasteiger partial charge on any atom is 0.235 e. The summed E-state index contributed by atoms with van der Waals surface area (Å²) in [5.74, 6) is 0.410. The van der Waals surface area contributed by atoms with Crippen LogP contribution in [-0.2, 0) is 17.6 Å². The fraction of sp³-hybridized carbons (Fsp3) is 0.263. The van der Waals surface area contributed by atoms with Gasteiger partial charge in [-0.3, -0.25) is 4.79 Å². The van der Waals surface area contributed by atoms with E-state index in [2.05, 4.69) is 32.9 Å². The molecule has 7 heteroatoms. The number of rotatable bonds is 7. The quantitative estimate of drug-likeness (QED) is 0.683. The van der Waals surface area contributed by atoms with Crippen LogP contribution in [0.4, 0.5) is 5.69 Å². The molecular formula is C19H21N5O2. The Morgan fingerprint density at radius 1 is 1.12 bits per heavy atom. The molecule has 0 aliphatic heterocycles. The molecule has 0 radical (unpaired) electrons. The minimum atomic E-state index is -0.548. The third kappa shape index (κ3) is 4.24. The van der Waals surface area contributed by atoms with Crippen LogP contribution in [-0.4, -0.2) is 33.6 Å². The smallest absolute Gasteiger partial charge is 0.235 e. The van der Waals surface area contributed by atoms with Gasteiger partial charge in [0.05, 0.1) is 7.11 Å². The molecule has 3 aromatic rings. The molecule has 0 fully saturated rings. The lowest BCUT2D eigenvalue weighted by molar-refractivity contribution is -0.117. The number of H-pyrrole nitrogens is 1. The van der Waals surface area contributed by atoms with Crippen LogP contribution in [0.1, 0.15) is 29.8 Å². The first kappa shape index (κ1) is 17.6. The van der Waals surface area contributed by atoms with Crippen LogP contribution in [0.2, 0.25) is 0 Å². The summed E-state index contributed by atoms with van der Waals surface area (Å²) < 4.78 is 5.17. The predicted octanol–water partition coefficient (Wildman–Crippen LogP) is 2.74. The van der Waals surface area contributed by atoms with Gasteiger partial charge in [0.15, 0.2) is 5.82 Å². The topological polar surface area (TPSA) is 92.8 Å². The van der Waals surface area contributed by atoms with Crippen molar-refractivity contribution in [3.8, 4) is 5.75 Å². The van der Waals surface area contributed by atoms with Crippen molar-refractivity contribution >= 4 is 11.6 Å². The highest BCUT2D eigenvalue weighted by Gasteiger charge is 2.25. The fourth-order valence-electron chi connectivity index (χ4n) is 2.67. The molecule has 0 spiro atoms. The number of amides is 1. The summed E-state index contributed by atoms with van der Waals surface area (Å²) in [6.45, 7) is 2.09. The summed E-state index contributed by atoms with van der Waals surface area (Å²) in [7, 11) is 1.62. The van der Waals surface area contributed by atoms with Gasteiger partial charge in [0.25, 0.3) is 0 Å². The SMILES string of the molecule is CCc1ccc(NC(=O)C(Cc2ccc(OC)cc2)c2nn[nH]n2)cc1. The first-order chi connectivity index (χ1) is 12.7. The Hall–Kier alpha value is -3.22. The maximum absolute atomic E-state index is 12.8. The maximum atomic E-state index is 12.8. The van der Waals surface area contributed by atoms with E-state index < -0.39 is 5.92 Å². The first-order valence-electron chi connectivity index (χ1n) is 8.45.